The number of ether oxygens (including phenoxy) is 1. The molecule has 0 saturated carbocycles. The summed E-state index contributed by atoms with van der Waals surface area (Å²) in [7, 11) is 0. The number of hydrogen-bond acceptors (Lipinski definition) is 5. The molecule has 0 aliphatic carbocycles. The van der Waals surface area contributed by atoms with Gasteiger partial charge in [-0.2, -0.15) is 23.5 Å². The fraction of sp³-hybridized carbons (Fsp3) is 0.643. The molecule has 3 nitrogen and oxygen atoms in total. The molecule has 106 valence electrons. The minimum Gasteiger partial charge on any atom is -0.380 e. The first-order chi connectivity index (χ1) is 9.45. The van der Waals surface area contributed by atoms with Gasteiger partial charge in [0, 0.05) is 55.0 Å². The van der Waals surface area contributed by atoms with Crippen molar-refractivity contribution in [3.8, 4) is 0 Å². The Labute approximate surface area is 124 Å². The maximum absolute atomic E-state index is 5.57. The Morgan fingerprint density at radius 3 is 2.26 bits per heavy atom. The second kappa shape index (κ2) is 9.64. The van der Waals surface area contributed by atoms with E-state index in [0.717, 1.165) is 44.4 Å². The molecule has 0 atom stereocenters. The number of pyridine rings is 1. The molecule has 0 radical (unpaired) electrons. The highest BCUT2D eigenvalue weighted by Gasteiger charge is 2.07. The van der Waals surface area contributed by atoms with E-state index in [1.165, 1.54) is 17.1 Å². The molecular weight excluding hydrogens is 276 g/mol. The Morgan fingerprint density at radius 1 is 1.00 bits per heavy atom. The largest absolute Gasteiger partial charge is 0.380 e. The molecular formula is C14H22N2OS2. The predicted molar refractivity (Wildman–Crippen MR) is 85.0 cm³/mol. The molecule has 1 aromatic rings. The summed E-state index contributed by atoms with van der Waals surface area (Å²) < 4.78 is 5.57. The van der Waals surface area contributed by atoms with Gasteiger partial charge in [-0.1, -0.05) is 0 Å². The Morgan fingerprint density at radius 2 is 1.63 bits per heavy atom. The minimum atomic E-state index is 0.898. The highest BCUT2D eigenvalue weighted by atomic mass is 32.2. The molecule has 0 bridgehead atoms. The zero-order chi connectivity index (χ0) is 13.2. The van der Waals surface area contributed by atoms with Crippen molar-refractivity contribution in [3.63, 3.8) is 0 Å². The van der Waals surface area contributed by atoms with E-state index in [0.29, 0.717) is 0 Å². The summed E-state index contributed by atoms with van der Waals surface area (Å²) in [6.07, 6.45) is 3.76. The third kappa shape index (κ3) is 6.65. The third-order valence-corrected chi connectivity index (χ3v) is 4.86. The maximum atomic E-state index is 5.57. The van der Waals surface area contributed by atoms with Crippen LogP contribution in [0.5, 0.6) is 0 Å². The van der Waals surface area contributed by atoms with Crippen LogP contribution in [-0.4, -0.2) is 59.2 Å². The lowest BCUT2D eigenvalue weighted by atomic mass is 10.2. The molecule has 0 N–H and O–H groups in total. The third-order valence-electron chi connectivity index (χ3n) is 3.00. The van der Waals surface area contributed by atoms with E-state index in [1.54, 1.807) is 0 Å². The summed E-state index contributed by atoms with van der Waals surface area (Å²) >= 11 is 3.99. The summed E-state index contributed by atoms with van der Waals surface area (Å²) in [6.45, 7) is 5.16. The van der Waals surface area contributed by atoms with E-state index < -0.39 is 0 Å². The molecule has 19 heavy (non-hydrogen) atoms. The van der Waals surface area contributed by atoms with Crippen LogP contribution in [0.3, 0.4) is 0 Å². The van der Waals surface area contributed by atoms with E-state index in [9.17, 15) is 0 Å². The number of thioether (sulfide) groups is 2. The van der Waals surface area contributed by atoms with Crippen molar-refractivity contribution in [1.82, 2.24) is 9.88 Å². The lowest BCUT2D eigenvalue weighted by Gasteiger charge is -2.22. The van der Waals surface area contributed by atoms with Gasteiger partial charge in [-0.3, -0.25) is 9.88 Å². The van der Waals surface area contributed by atoms with Gasteiger partial charge >= 0.3 is 0 Å². The van der Waals surface area contributed by atoms with E-state index in [2.05, 4.69) is 22.0 Å². The van der Waals surface area contributed by atoms with Gasteiger partial charge in [0.05, 0.1) is 13.2 Å². The highest BCUT2D eigenvalue weighted by Crippen LogP contribution is 2.10. The summed E-state index contributed by atoms with van der Waals surface area (Å²) in [5.41, 5.74) is 1.36. The fourth-order valence-electron chi connectivity index (χ4n) is 1.95. The zero-order valence-corrected chi connectivity index (χ0v) is 12.9. The normalized spacial score (nSPS) is 20.4. The van der Waals surface area contributed by atoms with Crippen molar-refractivity contribution in [2.75, 3.05) is 49.3 Å². The highest BCUT2D eigenvalue weighted by molar-refractivity contribution is 7.99. The van der Waals surface area contributed by atoms with Crippen LogP contribution in [0.15, 0.2) is 24.5 Å². The van der Waals surface area contributed by atoms with Crippen molar-refractivity contribution in [3.05, 3.63) is 30.1 Å². The van der Waals surface area contributed by atoms with Gasteiger partial charge in [-0.05, 0) is 17.7 Å². The minimum absolute atomic E-state index is 0.898. The molecule has 0 unspecified atom stereocenters. The van der Waals surface area contributed by atoms with Gasteiger partial charge in [0.2, 0.25) is 0 Å². The van der Waals surface area contributed by atoms with E-state index in [4.69, 9.17) is 4.74 Å². The van der Waals surface area contributed by atoms with Crippen molar-refractivity contribution in [2.24, 2.45) is 0 Å². The van der Waals surface area contributed by atoms with Crippen LogP contribution in [0, 0.1) is 0 Å². The van der Waals surface area contributed by atoms with Gasteiger partial charge in [0.1, 0.15) is 0 Å². The van der Waals surface area contributed by atoms with Crippen LogP contribution in [0.1, 0.15) is 5.56 Å². The van der Waals surface area contributed by atoms with Gasteiger partial charge in [-0.15, -0.1) is 0 Å². The summed E-state index contributed by atoms with van der Waals surface area (Å²) in [5, 5.41) is 0. The van der Waals surface area contributed by atoms with Crippen LogP contribution >= 0.6 is 23.5 Å². The number of rotatable bonds is 2. The molecule has 1 saturated heterocycles. The molecule has 1 aliphatic heterocycles. The first-order valence-electron chi connectivity index (χ1n) is 6.79. The van der Waals surface area contributed by atoms with Crippen LogP contribution in [-0.2, 0) is 11.3 Å². The quantitative estimate of drug-likeness (QED) is 0.835. The monoisotopic (exact) mass is 298 g/mol. The lowest BCUT2D eigenvalue weighted by Crippen LogP contribution is -2.28. The first-order valence-corrected chi connectivity index (χ1v) is 9.10. The van der Waals surface area contributed by atoms with Crippen molar-refractivity contribution < 1.29 is 4.74 Å². The van der Waals surface area contributed by atoms with Crippen molar-refractivity contribution in [1.29, 1.82) is 0 Å². The van der Waals surface area contributed by atoms with E-state index in [-0.39, 0.29) is 0 Å². The molecule has 2 heterocycles. The molecule has 5 heteroatoms. The number of hydrogen-bond donors (Lipinski definition) is 0. The number of nitrogens with zero attached hydrogens (tertiary/aromatic N) is 2. The van der Waals surface area contributed by atoms with E-state index in [1.807, 2.05) is 35.9 Å². The van der Waals surface area contributed by atoms with Crippen molar-refractivity contribution in [2.45, 2.75) is 6.54 Å². The molecule has 1 aromatic heterocycles. The van der Waals surface area contributed by atoms with Gasteiger partial charge in [-0.25, -0.2) is 0 Å². The van der Waals surface area contributed by atoms with Crippen LogP contribution in [0.4, 0.5) is 0 Å². The Hall–Kier alpha value is -0.230. The van der Waals surface area contributed by atoms with Gasteiger partial charge in [0.15, 0.2) is 0 Å². The average Bonchev–Trinajstić information content (AvgIpc) is 2.43. The van der Waals surface area contributed by atoms with Crippen LogP contribution in [0.25, 0.3) is 0 Å². The number of aromatic nitrogens is 1. The molecule has 1 fully saturated rings. The molecule has 1 aliphatic rings. The lowest BCUT2D eigenvalue weighted by molar-refractivity contribution is 0.167. The second-order valence-corrected chi connectivity index (χ2v) is 6.92. The second-order valence-electron chi connectivity index (χ2n) is 4.47. The molecule has 0 spiro atoms. The van der Waals surface area contributed by atoms with E-state index >= 15 is 0 Å². The summed E-state index contributed by atoms with van der Waals surface area (Å²) in [5.74, 6) is 4.62. The Balaban J connectivity index is 1.81. The molecule has 2 rings (SSSR count). The van der Waals surface area contributed by atoms with Crippen molar-refractivity contribution >= 4 is 23.5 Å². The average molecular weight is 298 g/mol. The first kappa shape index (κ1) is 15.2. The predicted octanol–water partition coefficient (Wildman–Crippen LogP) is 2.38. The van der Waals surface area contributed by atoms with Crippen LogP contribution in [0.2, 0.25) is 0 Å². The van der Waals surface area contributed by atoms with Crippen LogP contribution < -0.4 is 0 Å². The maximum Gasteiger partial charge on any atom is 0.0557 e. The van der Waals surface area contributed by atoms with Gasteiger partial charge < -0.3 is 4.74 Å². The Kier molecular flexibility index (Phi) is 7.69. The summed E-state index contributed by atoms with van der Waals surface area (Å²) in [4.78, 5) is 6.63. The van der Waals surface area contributed by atoms with Gasteiger partial charge in [0.25, 0.3) is 0 Å². The molecule has 0 amide bonds. The molecule has 0 aromatic carbocycles. The standard InChI is InChI=1S/C14H22N2OS2/c1-3-15-4-2-14(1)13-16-5-9-18-11-7-17-8-12-19-10-6-16/h1-4H,5-13H2. The topological polar surface area (TPSA) is 25.4 Å². The zero-order valence-electron chi connectivity index (χ0n) is 11.3. The summed E-state index contributed by atoms with van der Waals surface area (Å²) in [6, 6.07) is 4.23. The fourth-order valence-corrected chi connectivity index (χ4v) is 3.60. The SMILES string of the molecule is c1cc(CN2CCSCCOCCSCC2)ccn1. The smallest absolute Gasteiger partial charge is 0.0557 e. The Bertz CT molecular complexity index is 325.